The summed E-state index contributed by atoms with van der Waals surface area (Å²) in [6, 6.07) is 6.83. The van der Waals surface area contributed by atoms with Gasteiger partial charge in [0.05, 0.1) is 9.82 Å². The Balaban J connectivity index is 1.40. The number of carbonyl (C=O) groups excluding carboxylic acids is 1. The second-order valence-electron chi connectivity index (χ2n) is 7.41. The van der Waals surface area contributed by atoms with Crippen molar-refractivity contribution < 1.29 is 9.72 Å². The number of nitrogens with zero attached hydrogens (tertiary/aromatic N) is 5. The summed E-state index contributed by atoms with van der Waals surface area (Å²) in [5, 5.41) is 24.9. The molecule has 1 aliphatic rings. The topological polar surface area (TPSA) is 106 Å². The van der Waals surface area contributed by atoms with Gasteiger partial charge >= 0.3 is 0 Å². The van der Waals surface area contributed by atoms with Gasteiger partial charge in [0, 0.05) is 49.2 Å². The van der Waals surface area contributed by atoms with Gasteiger partial charge in [-0.1, -0.05) is 0 Å². The first-order valence-corrected chi connectivity index (χ1v) is 11.5. The summed E-state index contributed by atoms with van der Waals surface area (Å²) < 4.78 is 1.68. The molecular weight excluding hydrogens is 436 g/mol. The molecule has 11 heteroatoms. The number of aryl methyl sites for hydroxylation is 1. The monoisotopic (exact) mass is 458 g/mol. The van der Waals surface area contributed by atoms with E-state index in [1.807, 2.05) is 0 Å². The summed E-state index contributed by atoms with van der Waals surface area (Å²) in [6.45, 7) is 4.40. The minimum Gasteiger partial charge on any atom is -0.350 e. The van der Waals surface area contributed by atoms with Gasteiger partial charge in [-0.2, -0.15) is 0 Å². The molecule has 1 amide bonds. The number of amides is 1. The highest BCUT2D eigenvalue weighted by atomic mass is 32.2. The first kappa shape index (κ1) is 21.5. The fraction of sp³-hybridized carbons (Fsp3) is 0.350. The Morgan fingerprint density at radius 3 is 3.00 bits per heavy atom. The van der Waals surface area contributed by atoms with E-state index in [2.05, 4.69) is 38.8 Å². The predicted molar refractivity (Wildman–Crippen MR) is 118 cm³/mol. The molecule has 0 radical (unpaired) electrons. The van der Waals surface area contributed by atoms with E-state index in [1.165, 1.54) is 22.8 Å². The van der Waals surface area contributed by atoms with E-state index >= 15 is 0 Å². The fourth-order valence-corrected chi connectivity index (χ4v) is 5.21. The minimum absolute atomic E-state index is 0.130. The molecule has 0 spiro atoms. The third-order valence-electron chi connectivity index (χ3n) is 5.31. The Bertz CT molecular complexity index is 1110. The van der Waals surface area contributed by atoms with E-state index in [0.29, 0.717) is 16.6 Å². The first-order chi connectivity index (χ1) is 14.9. The van der Waals surface area contributed by atoms with Crippen LogP contribution >= 0.6 is 23.1 Å². The molecule has 0 saturated carbocycles. The molecule has 0 fully saturated rings. The molecule has 1 atom stereocenters. The van der Waals surface area contributed by atoms with Crippen molar-refractivity contribution in [2.45, 2.75) is 36.0 Å². The standard InChI is InChI=1S/C20H22N6O3S2/c1-13(25-7-5-17-15(11-25)6-8-30-17)10-21-19(27)14-3-4-18(16(9-14)26(28)29)31-20-23-22-12-24(20)2/h3-4,6,8-9,12-13H,5,7,10-11H2,1-2H3,(H,21,27). The highest BCUT2D eigenvalue weighted by Gasteiger charge is 2.23. The van der Waals surface area contributed by atoms with Crippen LogP contribution in [0.5, 0.6) is 0 Å². The van der Waals surface area contributed by atoms with Gasteiger partial charge in [0.15, 0.2) is 5.16 Å². The number of benzene rings is 1. The SMILES string of the molecule is CC(CNC(=O)c1ccc(Sc2nncn2C)c([N+](=O)[O-])c1)N1CCc2sccc2C1. The molecule has 3 heterocycles. The lowest BCUT2D eigenvalue weighted by molar-refractivity contribution is -0.387. The lowest BCUT2D eigenvalue weighted by Crippen LogP contribution is -2.44. The van der Waals surface area contributed by atoms with Crippen LogP contribution in [0.3, 0.4) is 0 Å². The zero-order valence-corrected chi connectivity index (χ0v) is 18.8. The summed E-state index contributed by atoms with van der Waals surface area (Å²) in [5.41, 5.74) is 1.50. The van der Waals surface area contributed by atoms with E-state index in [-0.39, 0.29) is 23.2 Å². The maximum Gasteiger partial charge on any atom is 0.284 e. The third kappa shape index (κ3) is 4.78. The number of rotatable bonds is 7. The van der Waals surface area contributed by atoms with Gasteiger partial charge in [-0.3, -0.25) is 19.8 Å². The molecule has 31 heavy (non-hydrogen) atoms. The number of hydrogen-bond donors (Lipinski definition) is 1. The Morgan fingerprint density at radius 2 is 2.26 bits per heavy atom. The van der Waals surface area contributed by atoms with Crippen molar-refractivity contribution >= 4 is 34.7 Å². The number of hydrogen-bond acceptors (Lipinski definition) is 8. The van der Waals surface area contributed by atoms with Crippen LogP contribution in [0.15, 0.2) is 46.0 Å². The number of nitrogens with one attached hydrogen (secondary N) is 1. The molecule has 1 N–H and O–H groups in total. The van der Waals surface area contributed by atoms with E-state index in [9.17, 15) is 14.9 Å². The second kappa shape index (κ2) is 9.16. The van der Waals surface area contributed by atoms with Crippen molar-refractivity contribution in [3.63, 3.8) is 0 Å². The quantitative estimate of drug-likeness (QED) is 0.428. The summed E-state index contributed by atoms with van der Waals surface area (Å²) in [6.07, 6.45) is 2.56. The summed E-state index contributed by atoms with van der Waals surface area (Å²) in [7, 11) is 1.76. The molecule has 9 nitrogen and oxygen atoms in total. The fourth-order valence-electron chi connectivity index (χ4n) is 3.47. The summed E-state index contributed by atoms with van der Waals surface area (Å²) in [4.78, 5) is 28.0. The number of fused-ring (bicyclic) bond motifs is 1. The van der Waals surface area contributed by atoms with Crippen molar-refractivity contribution in [3.05, 3.63) is 62.1 Å². The molecule has 162 valence electrons. The Kier molecular flexibility index (Phi) is 6.35. The smallest absolute Gasteiger partial charge is 0.284 e. The maximum absolute atomic E-state index is 12.7. The molecule has 3 aromatic rings. The molecular formula is C20H22N6O3S2. The van der Waals surface area contributed by atoms with E-state index in [0.717, 1.165) is 31.3 Å². The molecule has 1 aromatic carbocycles. The highest BCUT2D eigenvalue weighted by molar-refractivity contribution is 7.99. The zero-order valence-electron chi connectivity index (χ0n) is 17.1. The van der Waals surface area contributed by atoms with Gasteiger partial charge in [-0.05, 0) is 54.2 Å². The third-order valence-corrected chi connectivity index (χ3v) is 7.45. The second-order valence-corrected chi connectivity index (χ2v) is 9.42. The Hall–Kier alpha value is -2.76. The number of aromatic nitrogens is 3. The van der Waals surface area contributed by atoms with Crippen LogP contribution in [0.2, 0.25) is 0 Å². The van der Waals surface area contributed by atoms with E-state index < -0.39 is 4.92 Å². The van der Waals surface area contributed by atoms with Crippen LogP contribution in [-0.4, -0.2) is 49.6 Å². The van der Waals surface area contributed by atoms with Crippen LogP contribution in [0.25, 0.3) is 0 Å². The predicted octanol–water partition coefficient (Wildman–Crippen LogP) is 3.11. The molecule has 0 aliphatic carbocycles. The van der Waals surface area contributed by atoms with Gasteiger partial charge < -0.3 is 9.88 Å². The number of nitro groups is 1. The van der Waals surface area contributed by atoms with Crippen LogP contribution in [-0.2, 0) is 20.0 Å². The Morgan fingerprint density at radius 1 is 1.42 bits per heavy atom. The average Bonchev–Trinajstić information content (AvgIpc) is 3.40. The van der Waals surface area contributed by atoms with Crippen LogP contribution in [0, 0.1) is 10.1 Å². The van der Waals surface area contributed by atoms with Crippen molar-refractivity contribution in [3.8, 4) is 0 Å². The normalized spacial score (nSPS) is 14.8. The molecule has 0 bridgehead atoms. The first-order valence-electron chi connectivity index (χ1n) is 9.80. The van der Waals surface area contributed by atoms with Crippen LogP contribution < -0.4 is 5.32 Å². The molecule has 2 aromatic heterocycles. The maximum atomic E-state index is 12.7. The van der Waals surface area contributed by atoms with Crippen molar-refractivity contribution in [1.29, 1.82) is 0 Å². The van der Waals surface area contributed by atoms with Gasteiger partial charge in [0.1, 0.15) is 6.33 Å². The lowest BCUT2D eigenvalue weighted by Gasteiger charge is -2.32. The van der Waals surface area contributed by atoms with E-state index in [1.54, 1.807) is 35.1 Å². The number of nitro benzene ring substituents is 1. The van der Waals surface area contributed by atoms with Crippen LogP contribution in [0.1, 0.15) is 27.7 Å². The lowest BCUT2D eigenvalue weighted by atomic mass is 10.1. The summed E-state index contributed by atoms with van der Waals surface area (Å²) >= 11 is 2.94. The van der Waals surface area contributed by atoms with Gasteiger partial charge in [-0.25, -0.2) is 0 Å². The molecule has 1 aliphatic heterocycles. The van der Waals surface area contributed by atoms with E-state index in [4.69, 9.17) is 0 Å². The largest absolute Gasteiger partial charge is 0.350 e. The zero-order chi connectivity index (χ0) is 22.0. The molecule has 4 rings (SSSR count). The minimum atomic E-state index is -0.482. The number of carbonyl (C=O) groups is 1. The van der Waals surface area contributed by atoms with Gasteiger partial charge in [0.2, 0.25) is 0 Å². The number of thiophene rings is 1. The van der Waals surface area contributed by atoms with Crippen molar-refractivity contribution in [2.75, 3.05) is 13.1 Å². The van der Waals surface area contributed by atoms with Crippen LogP contribution in [0.4, 0.5) is 5.69 Å². The molecule has 1 unspecified atom stereocenters. The van der Waals surface area contributed by atoms with Gasteiger partial charge in [-0.15, -0.1) is 21.5 Å². The van der Waals surface area contributed by atoms with Crippen molar-refractivity contribution in [2.24, 2.45) is 7.05 Å². The summed E-state index contributed by atoms with van der Waals surface area (Å²) in [5.74, 6) is -0.321. The highest BCUT2D eigenvalue weighted by Crippen LogP contribution is 2.34. The molecule has 0 saturated heterocycles. The van der Waals surface area contributed by atoms with Crippen molar-refractivity contribution in [1.82, 2.24) is 25.0 Å². The van der Waals surface area contributed by atoms with Gasteiger partial charge in [0.25, 0.3) is 11.6 Å². The Labute approximate surface area is 187 Å². The average molecular weight is 459 g/mol.